The fraction of sp³-hybridized carbons (Fsp3) is 0.333. The van der Waals surface area contributed by atoms with Gasteiger partial charge in [-0.05, 0) is 30.5 Å². The largest absolute Gasteiger partial charge is 0.466 e. The summed E-state index contributed by atoms with van der Waals surface area (Å²) in [5.41, 5.74) is 1.54. The maximum absolute atomic E-state index is 12.4. The molecule has 1 fully saturated rings. The minimum Gasteiger partial charge on any atom is -0.466 e. The van der Waals surface area contributed by atoms with E-state index in [0.717, 1.165) is 18.4 Å². The molecule has 126 valence electrons. The summed E-state index contributed by atoms with van der Waals surface area (Å²) >= 11 is 6.09. The van der Waals surface area contributed by atoms with Gasteiger partial charge in [-0.25, -0.2) is 9.59 Å². The molecule has 6 heteroatoms. The van der Waals surface area contributed by atoms with Gasteiger partial charge in [0.2, 0.25) is 0 Å². The van der Waals surface area contributed by atoms with Crippen LogP contribution in [0, 0.1) is 0 Å². The molecule has 1 heterocycles. The zero-order valence-electron chi connectivity index (χ0n) is 13.5. The number of hydrogen-bond donors (Lipinski definition) is 0. The van der Waals surface area contributed by atoms with Crippen molar-refractivity contribution >= 4 is 23.5 Å². The van der Waals surface area contributed by atoms with Crippen LogP contribution in [0.2, 0.25) is 5.02 Å². The van der Waals surface area contributed by atoms with Crippen LogP contribution in [0.4, 0.5) is 0 Å². The molecule has 0 spiro atoms. The number of ether oxygens (including phenoxy) is 2. The molecule has 0 N–H and O–H groups in total. The first kappa shape index (κ1) is 16.6. The van der Waals surface area contributed by atoms with E-state index in [4.69, 9.17) is 21.1 Å². The Balaban J connectivity index is 2.11. The van der Waals surface area contributed by atoms with Gasteiger partial charge in [-0.1, -0.05) is 23.7 Å². The number of methoxy groups -OCH3 is 2. The first-order chi connectivity index (χ1) is 11.5. The van der Waals surface area contributed by atoms with Crippen LogP contribution < -0.4 is 0 Å². The van der Waals surface area contributed by atoms with Gasteiger partial charge in [-0.2, -0.15) is 0 Å². The van der Waals surface area contributed by atoms with E-state index in [1.54, 1.807) is 30.6 Å². The summed E-state index contributed by atoms with van der Waals surface area (Å²) in [6.07, 6.45) is 5.58. The maximum atomic E-state index is 12.4. The van der Waals surface area contributed by atoms with Gasteiger partial charge in [-0.3, -0.25) is 0 Å². The fourth-order valence-electron chi connectivity index (χ4n) is 2.88. The average Bonchev–Trinajstić information content (AvgIpc) is 3.44. The zero-order valence-corrected chi connectivity index (χ0v) is 14.2. The van der Waals surface area contributed by atoms with Crippen molar-refractivity contribution in [2.75, 3.05) is 14.2 Å². The van der Waals surface area contributed by atoms with Gasteiger partial charge >= 0.3 is 11.9 Å². The van der Waals surface area contributed by atoms with Crippen molar-refractivity contribution in [2.24, 2.45) is 0 Å². The molecule has 0 amide bonds. The number of carbonyl (C=O) groups is 2. The van der Waals surface area contributed by atoms with E-state index in [1.165, 1.54) is 14.2 Å². The van der Waals surface area contributed by atoms with Gasteiger partial charge in [-0.15, -0.1) is 0 Å². The molecule has 0 unspecified atom stereocenters. The second-order valence-corrected chi connectivity index (χ2v) is 6.25. The van der Waals surface area contributed by atoms with E-state index in [2.05, 4.69) is 0 Å². The molecule has 0 radical (unpaired) electrons. The quantitative estimate of drug-likeness (QED) is 0.784. The lowest BCUT2D eigenvalue weighted by Crippen LogP contribution is -2.29. The second-order valence-electron chi connectivity index (χ2n) is 5.82. The van der Waals surface area contributed by atoms with Crippen LogP contribution in [-0.4, -0.2) is 37.1 Å². The smallest absolute Gasteiger partial charge is 0.336 e. The SMILES string of the molecule is COC(=O)C1=CN(C2CC2)C=C(C(=O)OC)C1c1cccc(Cl)c1. The minimum absolute atomic E-state index is 0.310. The van der Waals surface area contributed by atoms with Crippen LogP contribution in [0.1, 0.15) is 24.3 Å². The third kappa shape index (κ3) is 3.17. The van der Waals surface area contributed by atoms with E-state index in [1.807, 2.05) is 11.0 Å². The van der Waals surface area contributed by atoms with Gasteiger partial charge in [0.25, 0.3) is 0 Å². The normalized spacial score (nSPS) is 17.9. The second kappa shape index (κ2) is 6.69. The summed E-state index contributed by atoms with van der Waals surface area (Å²) in [6, 6.07) is 7.41. The lowest BCUT2D eigenvalue weighted by molar-refractivity contribution is -0.137. The van der Waals surface area contributed by atoms with Gasteiger partial charge in [0.1, 0.15) is 0 Å². The Bertz CT molecular complexity index is 702. The summed E-state index contributed by atoms with van der Waals surface area (Å²) < 4.78 is 9.87. The van der Waals surface area contributed by atoms with Crippen LogP contribution in [0.25, 0.3) is 0 Å². The van der Waals surface area contributed by atoms with E-state index < -0.39 is 17.9 Å². The van der Waals surface area contributed by atoms with Crippen LogP contribution >= 0.6 is 11.6 Å². The highest BCUT2D eigenvalue weighted by atomic mass is 35.5. The van der Waals surface area contributed by atoms with Gasteiger partial charge in [0, 0.05) is 23.5 Å². The van der Waals surface area contributed by atoms with Gasteiger partial charge < -0.3 is 14.4 Å². The van der Waals surface area contributed by atoms with Gasteiger partial charge in [0.05, 0.1) is 31.3 Å². The Morgan fingerprint density at radius 2 is 1.67 bits per heavy atom. The van der Waals surface area contributed by atoms with E-state index in [-0.39, 0.29) is 0 Å². The van der Waals surface area contributed by atoms with E-state index in [0.29, 0.717) is 22.2 Å². The third-order valence-electron chi connectivity index (χ3n) is 4.19. The molecule has 1 aliphatic carbocycles. The molecule has 0 aromatic heterocycles. The Kier molecular flexibility index (Phi) is 4.62. The molecule has 3 rings (SSSR count). The summed E-state index contributed by atoms with van der Waals surface area (Å²) in [5, 5.41) is 0.533. The highest BCUT2D eigenvalue weighted by Gasteiger charge is 2.38. The van der Waals surface area contributed by atoms with Crippen molar-refractivity contribution in [3.8, 4) is 0 Å². The molecule has 1 aromatic rings. The van der Waals surface area contributed by atoms with Crippen LogP contribution in [0.15, 0.2) is 47.8 Å². The van der Waals surface area contributed by atoms with Crippen molar-refractivity contribution in [2.45, 2.75) is 24.8 Å². The highest BCUT2D eigenvalue weighted by Crippen LogP contribution is 2.40. The zero-order chi connectivity index (χ0) is 17.3. The predicted molar refractivity (Wildman–Crippen MR) is 89.3 cm³/mol. The standard InChI is InChI=1S/C18H18ClNO4/c1-23-17(21)14-9-20(13-6-7-13)10-15(18(22)24-2)16(14)11-4-3-5-12(19)8-11/h3-5,8-10,13,16H,6-7H2,1-2H3. The molecular weight excluding hydrogens is 330 g/mol. The number of hydrogen-bond acceptors (Lipinski definition) is 5. The maximum Gasteiger partial charge on any atom is 0.336 e. The highest BCUT2D eigenvalue weighted by molar-refractivity contribution is 6.30. The van der Waals surface area contributed by atoms with E-state index >= 15 is 0 Å². The molecule has 2 aliphatic rings. The summed E-state index contributed by atoms with van der Waals surface area (Å²) in [6.45, 7) is 0. The van der Waals surface area contributed by atoms with E-state index in [9.17, 15) is 9.59 Å². The minimum atomic E-state index is -0.571. The molecule has 5 nitrogen and oxygen atoms in total. The lowest BCUT2D eigenvalue weighted by Gasteiger charge is -2.30. The Labute approximate surface area is 145 Å². The van der Waals surface area contributed by atoms with Crippen LogP contribution in [0.3, 0.4) is 0 Å². The van der Waals surface area contributed by atoms with Crippen molar-refractivity contribution in [3.63, 3.8) is 0 Å². The Morgan fingerprint density at radius 1 is 1.08 bits per heavy atom. The number of rotatable bonds is 4. The predicted octanol–water partition coefficient (Wildman–Crippen LogP) is 3.02. The molecule has 0 saturated heterocycles. The average molecular weight is 348 g/mol. The Morgan fingerprint density at radius 3 is 2.12 bits per heavy atom. The topological polar surface area (TPSA) is 55.8 Å². The number of carbonyl (C=O) groups excluding carboxylic acids is 2. The summed E-state index contributed by atoms with van der Waals surface area (Å²) in [5.74, 6) is -1.51. The summed E-state index contributed by atoms with van der Waals surface area (Å²) in [4.78, 5) is 26.6. The lowest BCUT2D eigenvalue weighted by atomic mass is 9.83. The molecule has 1 aliphatic heterocycles. The van der Waals surface area contributed by atoms with Gasteiger partial charge in [0.15, 0.2) is 0 Å². The van der Waals surface area contributed by atoms with Crippen molar-refractivity contribution < 1.29 is 19.1 Å². The number of halogens is 1. The molecule has 1 saturated carbocycles. The molecule has 0 atom stereocenters. The van der Waals surface area contributed by atoms with Crippen molar-refractivity contribution in [1.29, 1.82) is 0 Å². The van der Waals surface area contributed by atoms with Crippen molar-refractivity contribution in [1.82, 2.24) is 4.90 Å². The molecule has 0 bridgehead atoms. The van der Waals surface area contributed by atoms with Crippen LogP contribution in [0.5, 0.6) is 0 Å². The monoisotopic (exact) mass is 347 g/mol. The fourth-order valence-corrected chi connectivity index (χ4v) is 3.08. The third-order valence-corrected chi connectivity index (χ3v) is 4.43. The summed E-state index contributed by atoms with van der Waals surface area (Å²) in [7, 11) is 2.66. The first-order valence-electron chi connectivity index (χ1n) is 7.68. The number of benzene rings is 1. The first-order valence-corrected chi connectivity index (χ1v) is 8.06. The number of nitrogens with zero attached hydrogens (tertiary/aromatic N) is 1. The molecule has 24 heavy (non-hydrogen) atoms. The Hall–Kier alpha value is -2.27. The molecular formula is C18H18ClNO4. The van der Waals surface area contributed by atoms with Crippen LogP contribution in [-0.2, 0) is 19.1 Å². The number of esters is 2. The molecule has 1 aromatic carbocycles. The van der Waals surface area contributed by atoms with Crippen molar-refractivity contribution in [3.05, 3.63) is 58.4 Å².